The monoisotopic (exact) mass is 297 g/mol. The summed E-state index contributed by atoms with van der Waals surface area (Å²) in [5.41, 5.74) is -0.677. The van der Waals surface area contributed by atoms with Crippen molar-refractivity contribution in [2.24, 2.45) is 5.92 Å². The number of methoxy groups -OCH3 is 1. The van der Waals surface area contributed by atoms with Crippen molar-refractivity contribution in [1.82, 2.24) is 5.32 Å². The molecule has 0 saturated carbocycles. The highest BCUT2D eigenvalue weighted by Gasteiger charge is 2.24. The van der Waals surface area contributed by atoms with Gasteiger partial charge in [-0.2, -0.15) is 0 Å². The Morgan fingerprint density at radius 2 is 1.76 bits per heavy atom. The molecule has 0 aromatic carbocycles. The molecule has 0 aromatic heterocycles. The molecular weight excluding hydrogens is 274 g/mol. The number of ether oxygens (including phenoxy) is 2. The van der Waals surface area contributed by atoms with Crippen molar-refractivity contribution in [2.75, 3.05) is 7.11 Å². The summed E-state index contributed by atoms with van der Waals surface area (Å²) in [5.74, 6) is 3.93. The summed E-state index contributed by atoms with van der Waals surface area (Å²) in [5, 5.41) is 2.38. The minimum Gasteiger partial charge on any atom is -0.467 e. The molecular formula is C15H23NO5. The number of rotatable bonds is 4. The van der Waals surface area contributed by atoms with Crippen LogP contribution in [0.2, 0.25) is 0 Å². The molecule has 0 fully saturated rings. The Bertz CT molecular complexity index is 451. The minimum absolute atomic E-state index is 0.0234. The van der Waals surface area contributed by atoms with E-state index in [9.17, 15) is 14.4 Å². The largest absolute Gasteiger partial charge is 0.467 e. The van der Waals surface area contributed by atoms with E-state index in [0.717, 1.165) is 0 Å². The Morgan fingerprint density at radius 3 is 2.19 bits per heavy atom. The summed E-state index contributed by atoms with van der Waals surface area (Å²) in [4.78, 5) is 34.6. The molecule has 0 aliphatic heterocycles. The fraction of sp³-hybridized carbons (Fsp3) is 0.667. The smallest absolute Gasteiger partial charge is 0.408 e. The number of Topliss-reactive ketones (excluding diaryl/α,β-unsaturated/α-hetero) is 1. The molecule has 0 aliphatic carbocycles. The van der Waals surface area contributed by atoms with Crippen LogP contribution in [0.5, 0.6) is 0 Å². The van der Waals surface area contributed by atoms with E-state index >= 15 is 0 Å². The number of hydrogen-bond acceptors (Lipinski definition) is 5. The van der Waals surface area contributed by atoms with Crippen LogP contribution in [0, 0.1) is 17.8 Å². The summed E-state index contributed by atoms with van der Waals surface area (Å²) in [6, 6.07) is -0.975. The molecule has 6 heteroatoms. The molecule has 0 radical (unpaired) electrons. The van der Waals surface area contributed by atoms with Gasteiger partial charge in [0.05, 0.1) is 7.11 Å². The van der Waals surface area contributed by atoms with Gasteiger partial charge in [0.2, 0.25) is 5.78 Å². The number of esters is 1. The number of carbonyl (C=O) groups excluding carboxylic acids is 3. The maximum atomic E-state index is 11.6. The first-order valence-electron chi connectivity index (χ1n) is 6.67. The maximum Gasteiger partial charge on any atom is 0.408 e. The molecule has 0 heterocycles. The predicted octanol–water partition coefficient (Wildman–Crippen LogP) is 1.67. The van der Waals surface area contributed by atoms with Gasteiger partial charge in [-0.1, -0.05) is 19.8 Å². The molecule has 118 valence electrons. The topological polar surface area (TPSA) is 81.7 Å². The average Bonchev–Trinajstić information content (AvgIpc) is 2.33. The van der Waals surface area contributed by atoms with E-state index in [1.54, 1.807) is 34.6 Å². The van der Waals surface area contributed by atoms with Gasteiger partial charge >= 0.3 is 12.1 Å². The average molecular weight is 297 g/mol. The van der Waals surface area contributed by atoms with Crippen LogP contribution in [0.4, 0.5) is 4.79 Å². The highest BCUT2D eigenvalue weighted by atomic mass is 16.6. The summed E-state index contributed by atoms with van der Waals surface area (Å²) in [6.07, 6.45) is -0.764. The van der Waals surface area contributed by atoms with Crippen molar-refractivity contribution in [3.05, 3.63) is 0 Å². The van der Waals surface area contributed by atoms with Gasteiger partial charge in [-0.3, -0.25) is 4.79 Å². The van der Waals surface area contributed by atoms with Crippen LogP contribution in [0.3, 0.4) is 0 Å². The van der Waals surface area contributed by atoms with Gasteiger partial charge in [0.15, 0.2) is 0 Å². The molecule has 0 spiro atoms. The van der Waals surface area contributed by atoms with E-state index in [-0.39, 0.29) is 18.1 Å². The molecule has 0 bridgehead atoms. The Morgan fingerprint density at radius 1 is 1.19 bits per heavy atom. The summed E-state index contributed by atoms with van der Waals surface area (Å²) in [6.45, 7) is 8.59. The molecule has 0 unspecified atom stereocenters. The maximum absolute atomic E-state index is 11.6. The van der Waals surface area contributed by atoms with E-state index < -0.39 is 23.7 Å². The summed E-state index contributed by atoms with van der Waals surface area (Å²) >= 11 is 0. The molecule has 0 saturated heterocycles. The highest BCUT2D eigenvalue weighted by Crippen LogP contribution is 2.07. The van der Waals surface area contributed by atoms with Crippen molar-refractivity contribution in [3.63, 3.8) is 0 Å². The molecule has 0 rings (SSSR count). The van der Waals surface area contributed by atoms with Crippen molar-refractivity contribution in [2.45, 2.75) is 52.7 Å². The minimum atomic E-state index is -0.975. The van der Waals surface area contributed by atoms with Gasteiger partial charge < -0.3 is 14.8 Å². The molecule has 0 aliphatic rings. The van der Waals surface area contributed by atoms with E-state index in [2.05, 4.69) is 21.9 Å². The van der Waals surface area contributed by atoms with Gasteiger partial charge in [0, 0.05) is 12.3 Å². The third-order valence-corrected chi connectivity index (χ3v) is 2.22. The van der Waals surface area contributed by atoms with Gasteiger partial charge in [-0.25, -0.2) is 9.59 Å². The van der Waals surface area contributed by atoms with Crippen LogP contribution in [0.25, 0.3) is 0 Å². The summed E-state index contributed by atoms with van der Waals surface area (Å²) in [7, 11) is 1.21. The normalized spacial score (nSPS) is 12.0. The Kier molecular flexibility index (Phi) is 7.50. The lowest BCUT2D eigenvalue weighted by atomic mass is 10.1. The Labute approximate surface area is 125 Å². The SMILES string of the molecule is COC(=O)[C@H](CC#CC(=O)C(C)C)NC(=O)OC(C)(C)C. The zero-order chi connectivity index (χ0) is 16.6. The highest BCUT2D eigenvalue weighted by molar-refractivity contribution is 5.96. The van der Waals surface area contributed by atoms with E-state index in [1.807, 2.05) is 0 Å². The number of nitrogens with one attached hydrogen (secondary N) is 1. The predicted molar refractivity (Wildman–Crippen MR) is 77.4 cm³/mol. The van der Waals surface area contributed by atoms with E-state index in [4.69, 9.17) is 4.74 Å². The molecule has 21 heavy (non-hydrogen) atoms. The third kappa shape index (κ3) is 8.69. The van der Waals surface area contributed by atoms with Crippen molar-refractivity contribution >= 4 is 17.8 Å². The first-order valence-corrected chi connectivity index (χ1v) is 6.67. The number of ketones is 1. The van der Waals surface area contributed by atoms with E-state index in [1.165, 1.54) is 7.11 Å². The lowest BCUT2D eigenvalue weighted by molar-refractivity contribution is -0.143. The second kappa shape index (κ2) is 8.30. The van der Waals surface area contributed by atoms with Gasteiger partial charge in [-0.05, 0) is 26.7 Å². The fourth-order valence-corrected chi connectivity index (χ4v) is 1.17. The zero-order valence-electron chi connectivity index (χ0n) is 13.4. The van der Waals surface area contributed by atoms with Crippen LogP contribution in [-0.4, -0.2) is 36.6 Å². The zero-order valence-corrected chi connectivity index (χ0v) is 13.4. The van der Waals surface area contributed by atoms with Gasteiger partial charge in [0.25, 0.3) is 0 Å². The van der Waals surface area contributed by atoms with Crippen molar-refractivity contribution < 1.29 is 23.9 Å². The first-order chi connectivity index (χ1) is 9.56. The van der Waals surface area contributed by atoms with Crippen LogP contribution < -0.4 is 5.32 Å². The number of alkyl carbamates (subject to hydrolysis) is 1. The molecule has 1 amide bonds. The second-order valence-corrected chi connectivity index (χ2v) is 5.75. The Balaban J connectivity index is 4.72. The van der Waals surface area contributed by atoms with Gasteiger partial charge in [0.1, 0.15) is 11.6 Å². The third-order valence-electron chi connectivity index (χ3n) is 2.22. The molecule has 6 nitrogen and oxygen atoms in total. The van der Waals surface area contributed by atoms with Crippen molar-refractivity contribution in [3.8, 4) is 11.8 Å². The first kappa shape index (κ1) is 19.0. The Hall–Kier alpha value is -2.03. The lowest BCUT2D eigenvalue weighted by Crippen LogP contribution is -2.43. The fourth-order valence-electron chi connectivity index (χ4n) is 1.17. The lowest BCUT2D eigenvalue weighted by Gasteiger charge is -2.21. The number of amides is 1. The second-order valence-electron chi connectivity index (χ2n) is 5.75. The number of carbonyl (C=O) groups is 3. The molecule has 0 aromatic rings. The molecule has 1 atom stereocenters. The van der Waals surface area contributed by atoms with Gasteiger partial charge in [-0.15, -0.1) is 0 Å². The van der Waals surface area contributed by atoms with Crippen LogP contribution >= 0.6 is 0 Å². The van der Waals surface area contributed by atoms with Crippen molar-refractivity contribution in [1.29, 1.82) is 0 Å². The van der Waals surface area contributed by atoms with E-state index in [0.29, 0.717) is 0 Å². The summed E-state index contributed by atoms with van der Waals surface area (Å²) < 4.78 is 9.64. The number of hydrogen-bond donors (Lipinski definition) is 1. The van der Waals surface area contributed by atoms with Crippen LogP contribution in [0.15, 0.2) is 0 Å². The van der Waals surface area contributed by atoms with Crippen LogP contribution in [-0.2, 0) is 19.1 Å². The standard InChI is InChI=1S/C15H23NO5/c1-10(2)12(17)9-7-8-11(13(18)20-6)16-14(19)21-15(3,4)5/h10-11H,8H2,1-6H3,(H,16,19)/t11-/m0/s1. The van der Waals surface area contributed by atoms with Crippen LogP contribution in [0.1, 0.15) is 41.0 Å². The molecule has 1 N–H and O–H groups in total. The quantitative estimate of drug-likeness (QED) is 0.485.